The second-order valence-electron chi connectivity index (χ2n) is 17.3. The van der Waals surface area contributed by atoms with Crippen LogP contribution in [0.3, 0.4) is 0 Å². The SMILES string of the molecule is CC1=Cc2cccc([Si](C)(C)[Si](C)(C)Nc3ccc(C)cc3)c2C1.Cc1ccc([N-][Si](C)(C)[Si](C)(C)C2=CC=CC3CC(C)CC23)cc1.[CH3-].[Cl][Ti][Cl]. The Morgan fingerprint density at radius 3 is 1.94 bits per heavy atom. The van der Waals surface area contributed by atoms with E-state index in [1.54, 1.807) is 15.9 Å². The third-order valence-electron chi connectivity index (χ3n) is 12.4. The molecule has 0 spiro atoms. The van der Waals surface area contributed by atoms with Crippen molar-refractivity contribution < 1.29 is 17.0 Å². The van der Waals surface area contributed by atoms with Crippen molar-refractivity contribution in [3.8, 4) is 0 Å². The van der Waals surface area contributed by atoms with Crippen LogP contribution in [-0.2, 0) is 23.5 Å². The van der Waals surface area contributed by atoms with Crippen LogP contribution in [0.2, 0.25) is 52.4 Å². The van der Waals surface area contributed by atoms with E-state index in [2.05, 4.69) is 176 Å². The van der Waals surface area contributed by atoms with Crippen LogP contribution in [0.25, 0.3) is 11.1 Å². The molecule has 0 heterocycles. The predicted molar refractivity (Wildman–Crippen MR) is 243 cm³/mol. The van der Waals surface area contributed by atoms with Gasteiger partial charge in [-0.25, -0.2) is 0 Å². The molecule has 52 heavy (non-hydrogen) atoms. The number of anilines is 1. The van der Waals surface area contributed by atoms with Gasteiger partial charge in [0.15, 0.2) is 0 Å². The second-order valence-corrected chi connectivity index (χ2v) is 49.3. The van der Waals surface area contributed by atoms with Gasteiger partial charge < -0.3 is 17.4 Å². The average molecular weight is 840 g/mol. The van der Waals surface area contributed by atoms with E-state index >= 15 is 0 Å². The molecule has 0 aromatic heterocycles. The van der Waals surface area contributed by atoms with E-state index in [4.69, 9.17) is 23.6 Å². The summed E-state index contributed by atoms with van der Waals surface area (Å²) in [4.78, 5) is 9.32. The molecule has 0 amide bonds. The van der Waals surface area contributed by atoms with E-state index in [0.29, 0.717) is 0 Å². The van der Waals surface area contributed by atoms with Gasteiger partial charge in [-0.05, 0) is 88.8 Å². The van der Waals surface area contributed by atoms with E-state index < -0.39 is 47.7 Å². The van der Waals surface area contributed by atoms with Gasteiger partial charge in [-0.1, -0.05) is 165 Å². The maximum absolute atomic E-state index is 5.35. The summed E-state index contributed by atoms with van der Waals surface area (Å²) in [7, 11) is 3.30. The Balaban J connectivity index is 0.000000256. The normalized spacial score (nSPS) is 19.3. The van der Waals surface area contributed by atoms with Gasteiger partial charge in [0, 0.05) is 5.69 Å². The Bertz CT molecular complexity index is 1730. The molecular weight excluding hydrogens is 776 g/mol. The molecule has 282 valence electrons. The van der Waals surface area contributed by atoms with Crippen LogP contribution in [0, 0.1) is 39.0 Å². The summed E-state index contributed by atoms with van der Waals surface area (Å²) in [5.41, 5.74) is 9.63. The molecule has 3 unspecified atom stereocenters. The molecular formula is C43H64Cl2N2Si4Ti-2. The molecule has 1 saturated carbocycles. The number of halogens is 2. The summed E-state index contributed by atoms with van der Waals surface area (Å²) < 4.78 is 0. The standard InChI is InChI=1S/C21H32NSi2.C21H29NSi2.CH3.2ClH.Ti/c2*1-16-10-12-19(13-11-16)22-24(5,6)23(3,4)21-9-7-8-18-14-17(2)15-20(18)21;;;;/h7-13,17-18,20H,14-15H2,1-6H3;7-14,22H,15H2,1-6H3;1H3;2*1H;/q-1;;-1;;;+2/p-2. The topological polar surface area (TPSA) is 26.1 Å². The van der Waals surface area contributed by atoms with Crippen molar-refractivity contribution in [1.82, 2.24) is 0 Å². The van der Waals surface area contributed by atoms with Gasteiger partial charge in [-0.15, -0.1) is 5.69 Å². The Kier molecular flexibility index (Phi) is 16.0. The van der Waals surface area contributed by atoms with Gasteiger partial charge in [-0.2, -0.15) is 0 Å². The van der Waals surface area contributed by atoms with Crippen molar-refractivity contribution in [2.75, 3.05) is 4.98 Å². The number of nitrogens with zero attached hydrogens (tertiary/aromatic N) is 1. The van der Waals surface area contributed by atoms with Gasteiger partial charge in [0.05, 0.1) is 15.2 Å². The number of hydrogen-bond acceptors (Lipinski definition) is 1. The minimum atomic E-state index is -1.70. The Hall–Kier alpha value is -1.36. The molecule has 0 bridgehead atoms. The van der Waals surface area contributed by atoms with Crippen molar-refractivity contribution in [1.29, 1.82) is 0 Å². The van der Waals surface area contributed by atoms with Crippen molar-refractivity contribution in [3.05, 3.63) is 130 Å². The molecule has 1 fully saturated rings. The molecule has 6 rings (SSSR count). The van der Waals surface area contributed by atoms with Crippen LogP contribution in [0.1, 0.15) is 48.9 Å². The van der Waals surface area contributed by atoms with E-state index in [1.165, 1.54) is 46.5 Å². The molecule has 9 heteroatoms. The number of nitrogens with one attached hydrogen (secondary N) is 1. The monoisotopic (exact) mass is 838 g/mol. The van der Waals surface area contributed by atoms with Crippen molar-refractivity contribution in [2.24, 2.45) is 17.8 Å². The fraction of sp³-hybridized carbons (Fsp3) is 0.419. The first-order chi connectivity index (χ1) is 23.8. The molecule has 3 aromatic carbocycles. The first-order valence-electron chi connectivity index (χ1n) is 18.6. The van der Waals surface area contributed by atoms with Crippen molar-refractivity contribution in [3.63, 3.8) is 0 Å². The number of fused-ring (bicyclic) bond motifs is 2. The van der Waals surface area contributed by atoms with Gasteiger partial charge in [-0.3, -0.25) is 0 Å². The first kappa shape index (κ1) is 45.0. The molecule has 0 aliphatic heterocycles. The zero-order valence-electron chi connectivity index (χ0n) is 34.2. The minimum absolute atomic E-state index is 0. The fourth-order valence-corrected chi connectivity index (χ4v) is 23.2. The third-order valence-corrected chi connectivity index (χ3v) is 45.0. The molecule has 3 aromatic rings. The summed E-state index contributed by atoms with van der Waals surface area (Å²) in [5, 5.41) is 3.45. The van der Waals surface area contributed by atoms with Crippen molar-refractivity contribution in [2.45, 2.75) is 99.3 Å². The first-order valence-corrected chi connectivity index (χ1v) is 36.9. The third kappa shape index (κ3) is 10.5. The van der Waals surface area contributed by atoms with Gasteiger partial charge in [0.25, 0.3) is 0 Å². The summed E-state index contributed by atoms with van der Waals surface area (Å²) in [5.74, 6) is 2.46. The second kappa shape index (κ2) is 18.5. The molecule has 2 nitrogen and oxygen atoms in total. The average Bonchev–Trinajstić information content (AvgIpc) is 3.64. The van der Waals surface area contributed by atoms with Crippen LogP contribution in [0.5, 0.6) is 0 Å². The molecule has 3 aliphatic rings. The Morgan fingerprint density at radius 2 is 1.35 bits per heavy atom. The van der Waals surface area contributed by atoms with E-state index in [0.717, 1.165) is 24.2 Å². The van der Waals surface area contributed by atoms with Crippen LogP contribution >= 0.6 is 18.6 Å². The van der Waals surface area contributed by atoms with E-state index in [1.807, 2.05) is 0 Å². The van der Waals surface area contributed by atoms with Crippen molar-refractivity contribution >= 4 is 71.9 Å². The number of benzene rings is 3. The Labute approximate surface area is 338 Å². The summed E-state index contributed by atoms with van der Waals surface area (Å²) in [6, 6.07) is 24.6. The molecule has 3 aliphatic carbocycles. The molecule has 3 atom stereocenters. The molecule has 0 saturated heterocycles. The maximum atomic E-state index is 5.35. The van der Waals surface area contributed by atoms with Gasteiger partial charge >= 0.3 is 35.6 Å². The fourth-order valence-electron chi connectivity index (χ4n) is 8.04. The van der Waals surface area contributed by atoms with Crippen LogP contribution in [-0.4, -0.2) is 30.7 Å². The van der Waals surface area contributed by atoms with Crippen LogP contribution in [0.15, 0.2) is 95.7 Å². The zero-order chi connectivity index (χ0) is 37.8. The van der Waals surface area contributed by atoms with E-state index in [-0.39, 0.29) is 7.43 Å². The van der Waals surface area contributed by atoms with Gasteiger partial charge in [0.2, 0.25) is 0 Å². The number of aryl methyl sites for hydroxylation is 2. The molecule has 0 radical (unpaired) electrons. The predicted octanol–water partition coefficient (Wildman–Crippen LogP) is 13.8. The van der Waals surface area contributed by atoms with Crippen LogP contribution in [0.4, 0.5) is 11.4 Å². The summed E-state index contributed by atoms with van der Waals surface area (Å²) in [6.07, 6.45) is 13.5. The Morgan fingerprint density at radius 1 is 0.769 bits per heavy atom. The van der Waals surface area contributed by atoms with Crippen LogP contribution < -0.4 is 10.2 Å². The quantitative estimate of drug-likeness (QED) is 0.177. The number of rotatable bonds is 8. The number of hydrogen-bond donors (Lipinski definition) is 1. The zero-order valence-corrected chi connectivity index (χ0v) is 41.3. The summed E-state index contributed by atoms with van der Waals surface area (Å²) >= 11 is -0.556. The summed E-state index contributed by atoms with van der Waals surface area (Å²) in [6.45, 7) is 29.3. The van der Waals surface area contributed by atoms with Gasteiger partial charge in [0.1, 0.15) is 7.75 Å². The van der Waals surface area contributed by atoms with E-state index in [9.17, 15) is 0 Å². The number of allylic oxidation sites excluding steroid dienone is 5. The molecule has 1 N–H and O–H groups in total.